The number of rotatable bonds is 5. The molecular weight excluding hydrogens is 508 g/mol. The molecule has 1 N–H and O–H groups in total. The third-order valence-electron chi connectivity index (χ3n) is 4.42. The fourth-order valence-corrected chi connectivity index (χ4v) is 4.11. The van der Waals surface area contributed by atoms with Gasteiger partial charge in [-0.1, -0.05) is 12.1 Å². The number of sulfone groups is 1. The topological polar surface area (TPSA) is 65.0 Å². The summed E-state index contributed by atoms with van der Waals surface area (Å²) in [5, 5.41) is 3.20. The van der Waals surface area contributed by atoms with Crippen LogP contribution in [-0.4, -0.2) is 76.0 Å². The van der Waals surface area contributed by atoms with Crippen LogP contribution in [0.1, 0.15) is 11.1 Å². The highest BCUT2D eigenvalue weighted by molar-refractivity contribution is 14.0. The highest BCUT2D eigenvalue weighted by Crippen LogP contribution is 2.29. The van der Waals surface area contributed by atoms with E-state index >= 15 is 0 Å². The lowest BCUT2D eigenvalue weighted by molar-refractivity contribution is -0.137. The molecule has 0 amide bonds. The SMILES string of the molecule is CN=C(NCCN1CCS(=O)(=O)CC1)N(C)Cc1ccc(C(F)(F)F)cc1.I. The van der Waals surface area contributed by atoms with Crippen LogP contribution >= 0.6 is 24.0 Å². The highest BCUT2D eigenvalue weighted by atomic mass is 127. The molecule has 0 aliphatic carbocycles. The Kier molecular flexibility index (Phi) is 9.47. The van der Waals surface area contributed by atoms with Crippen LogP contribution < -0.4 is 5.32 Å². The first-order valence-electron chi connectivity index (χ1n) is 8.61. The molecule has 28 heavy (non-hydrogen) atoms. The predicted octanol–water partition coefficient (Wildman–Crippen LogP) is 2.06. The molecule has 1 fully saturated rings. The van der Waals surface area contributed by atoms with E-state index in [2.05, 4.69) is 15.2 Å². The van der Waals surface area contributed by atoms with Crippen LogP contribution in [0.15, 0.2) is 29.3 Å². The molecule has 0 saturated carbocycles. The smallest absolute Gasteiger partial charge is 0.355 e. The summed E-state index contributed by atoms with van der Waals surface area (Å²) in [4.78, 5) is 8.09. The average Bonchev–Trinajstić information content (AvgIpc) is 2.59. The van der Waals surface area contributed by atoms with Crippen LogP contribution in [-0.2, 0) is 22.6 Å². The minimum atomic E-state index is -4.34. The molecular formula is C17H26F3IN4O2S. The molecule has 1 saturated heterocycles. The van der Waals surface area contributed by atoms with Gasteiger partial charge in [0.15, 0.2) is 15.8 Å². The van der Waals surface area contributed by atoms with Gasteiger partial charge >= 0.3 is 6.18 Å². The van der Waals surface area contributed by atoms with Crippen molar-refractivity contribution in [2.75, 3.05) is 51.8 Å². The summed E-state index contributed by atoms with van der Waals surface area (Å²) in [6, 6.07) is 5.06. The second kappa shape index (κ2) is 10.6. The predicted molar refractivity (Wildman–Crippen MR) is 115 cm³/mol. The number of guanidine groups is 1. The molecule has 1 aromatic carbocycles. The van der Waals surface area contributed by atoms with Gasteiger partial charge in [-0.3, -0.25) is 9.89 Å². The van der Waals surface area contributed by atoms with Crippen LogP contribution in [0, 0.1) is 0 Å². The van der Waals surface area contributed by atoms with E-state index in [4.69, 9.17) is 0 Å². The van der Waals surface area contributed by atoms with Gasteiger partial charge in [0.25, 0.3) is 0 Å². The summed E-state index contributed by atoms with van der Waals surface area (Å²) in [5.74, 6) is 1.00. The van der Waals surface area contributed by atoms with Gasteiger partial charge in [-0.15, -0.1) is 24.0 Å². The van der Waals surface area contributed by atoms with E-state index in [1.54, 1.807) is 14.1 Å². The minimum absolute atomic E-state index is 0. The van der Waals surface area contributed by atoms with Crippen molar-refractivity contribution >= 4 is 39.8 Å². The van der Waals surface area contributed by atoms with Gasteiger partial charge in [-0.2, -0.15) is 13.2 Å². The normalized spacial score (nSPS) is 17.7. The second-order valence-corrected chi connectivity index (χ2v) is 8.82. The summed E-state index contributed by atoms with van der Waals surface area (Å²) in [7, 11) is 0.557. The Labute approximate surface area is 181 Å². The molecule has 0 unspecified atom stereocenters. The second-order valence-electron chi connectivity index (χ2n) is 6.52. The maximum atomic E-state index is 12.6. The van der Waals surface area contributed by atoms with Gasteiger partial charge in [0.05, 0.1) is 17.1 Å². The van der Waals surface area contributed by atoms with Crippen molar-refractivity contribution in [2.45, 2.75) is 12.7 Å². The van der Waals surface area contributed by atoms with Crippen LogP contribution in [0.3, 0.4) is 0 Å². The van der Waals surface area contributed by atoms with E-state index in [-0.39, 0.29) is 35.5 Å². The monoisotopic (exact) mass is 534 g/mol. The molecule has 1 aliphatic heterocycles. The van der Waals surface area contributed by atoms with E-state index in [9.17, 15) is 21.6 Å². The van der Waals surface area contributed by atoms with Crippen molar-refractivity contribution in [1.29, 1.82) is 0 Å². The Balaban J connectivity index is 0.00000392. The Hall–Kier alpha value is -1.08. The number of alkyl halides is 3. The first kappa shape index (κ1) is 25.0. The molecule has 11 heteroatoms. The molecule has 0 atom stereocenters. The van der Waals surface area contributed by atoms with Gasteiger partial charge in [0, 0.05) is 46.8 Å². The van der Waals surface area contributed by atoms with Gasteiger partial charge in [-0.05, 0) is 17.7 Å². The molecule has 0 radical (unpaired) electrons. The van der Waals surface area contributed by atoms with E-state index in [0.29, 0.717) is 38.7 Å². The van der Waals surface area contributed by atoms with Crippen molar-refractivity contribution in [1.82, 2.24) is 15.1 Å². The lowest BCUT2D eigenvalue weighted by atomic mass is 10.1. The van der Waals surface area contributed by atoms with Crippen LogP contribution in [0.4, 0.5) is 13.2 Å². The maximum Gasteiger partial charge on any atom is 0.416 e. The molecule has 0 bridgehead atoms. The fraction of sp³-hybridized carbons (Fsp3) is 0.588. The average molecular weight is 534 g/mol. The van der Waals surface area contributed by atoms with Gasteiger partial charge in [0.2, 0.25) is 0 Å². The van der Waals surface area contributed by atoms with Gasteiger partial charge in [0.1, 0.15) is 0 Å². The summed E-state index contributed by atoms with van der Waals surface area (Å²) >= 11 is 0. The third kappa shape index (κ3) is 7.74. The summed E-state index contributed by atoms with van der Waals surface area (Å²) in [6.07, 6.45) is -4.34. The van der Waals surface area contributed by atoms with Crippen molar-refractivity contribution in [3.05, 3.63) is 35.4 Å². The summed E-state index contributed by atoms with van der Waals surface area (Å²) in [6.45, 7) is 2.78. The van der Waals surface area contributed by atoms with E-state index in [1.165, 1.54) is 12.1 Å². The number of aliphatic imine (C=N–C) groups is 1. The van der Waals surface area contributed by atoms with Crippen LogP contribution in [0.2, 0.25) is 0 Å². The fourth-order valence-electron chi connectivity index (χ4n) is 2.83. The molecule has 160 valence electrons. The highest BCUT2D eigenvalue weighted by Gasteiger charge is 2.30. The standard InChI is InChI=1S/C17H25F3N4O2S.HI/c1-21-16(22-7-8-24-9-11-27(25,26)12-10-24)23(2)13-14-3-5-15(6-4-14)17(18,19)20;/h3-6H,7-13H2,1-2H3,(H,21,22);1H. The van der Waals surface area contributed by atoms with E-state index in [0.717, 1.165) is 17.7 Å². The van der Waals surface area contributed by atoms with Crippen molar-refractivity contribution < 1.29 is 21.6 Å². The number of nitrogens with zero attached hydrogens (tertiary/aromatic N) is 3. The number of hydrogen-bond donors (Lipinski definition) is 1. The summed E-state index contributed by atoms with van der Waals surface area (Å²) in [5.41, 5.74) is 0.0784. The zero-order valence-electron chi connectivity index (χ0n) is 15.9. The third-order valence-corrected chi connectivity index (χ3v) is 6.03. The van der Waals surface area contributed by atoms with Crippen molar-refractivity contribution in [3.63, 3.8) is 0 Å². The Morgan fingerprint density at radius 1 is 1.21 bits per heavy atom. The largest absolute Gasteiger partial charge is 0.416 e. The molecule has 0 aromatic heterocycles. The number of benzene rings is 1. The van der Waals surface area contributed by atoms with Crippen LogP contribution in [0.25, 0.3) is 0 Å². The molecule has 1 aromatic rings. The molecule has 1 heterocycles. The minimum Gasteiger partial charge on any atom is -0.355 e. The summed E-state index contributed by atoms with van der Waals surface area (Å²) < 4.78 is 60.7. The molecule has 1 aliphatic rings. The quantitative estimate of drug-likeness (QED) is 0.356. The molecule has 0 spiro atoms. The Morgan fingerprint density at radius 3 is 2.29 bits per heavy atom. The zero-order chi connectivity index (χ0) is 20.1. The molecule has 6 nitrogen and oxygen atoms in total. The van der Waals surface area contributed by atoms with E-state index < -0.39 is 21.6 Å². The van der Waals surface area contributed by atoms with Crippen molar-refractivity contribution in [3.8, 4) is 0 Å². The number of hydrogen-bond acceptors (Lipinski definition) is 4. The van der Waals surface area contributed by atoms with Gasteiger partial charge < -0.3 is 10.2 Å². The Bertz CT molecular complexity index is 741. The zero-order valence-corrected chi connectivity index (χ0v) is 19.0. The number of halogens is 4. The van der Waals surface area contributed by atoms with Crippen LogP contribution in [0.5, 0.6) is 0 Å². The maximum absolute atomic E-state index is 12.6. The lowest BCUT2D eigenvalue weighted by Crippen LogP contribution is -2.46. The van der Waals surface area contributed by atoms with Crippen molar-refractivity contribution in [2.24, 2.45) is 4.99 Å². The lowest BCUT2D eigenvalue weighted by Gasteiger charge is -2.28. The first-order valence-corrected chi connectivity index (χ1v) is 10.4. The number of nitrogens with one attached hydrogen (secondary N) is 1. The van der Waals surface area contributed by atoms with E-state index in [1.807, 2.05) is 4.90 Å². The molecule has 2 rings (SSSR count). The first-order chi connectivity index (χ1) is 12.6. The van der Waals surface area contributed by atoms with Gasteiger partial charge in [-0.25, -0.2) is 8.42 Å². The Morgan fingerprint density at radius 2 is 1.79 bits per heavy atom.